The molecule has 18 heavy (non-hydrogen) atoms. The van der Waals surface area contributed by atoms with Gasteiger partial charge in [-0.25, -0.2) is 9.97 Å². The molecule has 0 unspecified atom stereocenters. The van der Waals surface area contributed by atoms with Gasteiger partial charge in [0.1, 0.15) is 23.7 Å². The Bertz CT molecular complexity index is 513. The molecule has 1 aromatic heterocycles. The molecule has 1 aromatic carbocycles. The van der Waals surface area contributed by atoms with Crippen molar-refractivity contribution in [2.75, 3.05) is 24.8 Å². The molecule has 0 radical (unpaired) electrons. The van der Waals surface area contributed by atoms with Crippen LogP contribution >= 0.6 is 0 Å². The van der Waals surface area contributed by atoms with E-state index in [4.69, 9.17) is 10.5 Å². The van der Waals surface area contributed by atoms with Crippen LogP contribution in [0, 0.1) is 0 Å². The number of ether oxygens (including phenoxy) is 1. The SMILES string of the molecule is COc1ccc(CN(C)c2cc(N)ncn2)cc1. The van der Waals surface area contributed by atoms with Crippen LogP contribution in [0.5, 0.6) is 5.75 Å². The lowest BCUT2D eigenvalue weighted by Gasteiger charge is -2.18. The van der Waals surface area contributed by atoms with Crippen molar-refractivity contribution in [3.8, 4) is 5.75 Å². The fourth-order valence-corrected chi connectivity index (χ4v) is 1.66. The van der Waals surface area contributed by atoms with E-state index in [1.165, 1.54) is 11.9 Å². The highest BCUT2D eigenvalue weighted by molar-refractivity contribution is 5.45. The summed E-state index contributed by atoms with van der Waals surface area (Å²) in [5.74, 6) is 2.13. The Kier molecular flexibility index (Phi) is 3.62. The van der Waals surface area contributed by atoms with Crippen LogP contribution in [-0.4, -0.2) is 24.1 Å². The van der Waals surface area contributed by atoms with E-state index in [9.17, 15) is 0 Å². The van der Waals surface area contributed by atoms with Crippen LogP contribution in [0.3, 0.4) is 0 Å². The largest absolute Gasteiger partial charge is 0.497 e. The molecule has 0 aliphatic heterocycles. The first-order valence-electron chi connectivity index (χ1n) is 5.60. The van der Waals surface area contributed by atoms with Crippen LogP contribution < -0.4 is 15.4 Å². The van der Waals surface area contributed by atoms with Crippen molar-refractivity contribution in [1.82, 2.24) is 9.97 Å². The molecule has 0 bridgehead atoms. The van der Waals surface area contributed by atoms with E-state index in [1.54, 1.807) is 13.2 Å². The van der Waals surface area contributed by atoms with Crippen LogP contribution in [0.15, 0.2) is 36.7 Å². The number of hydrogen-bond acceptors (Lipinski definition) is 5. The van der Waals surface area contributed by atoms with Gasteiger partial charge in [-0.15, -0.1) is 0 Å². The van der Waals surface area contributed by atoms with Crippen molar-refractivity contribution in [2.24, 2.45) is 0 Å². The van der Waals surface area contributed by atoms with Gasteiger partial charge in [0.15, 0.2) is 0 Å². The molecule has 1 heterocycles. The van der Waals surface area contributed by atoms with Gasteiger partial charge in [0.25, 0.3) is 0 Å². The molecule has 0 aliphatic rings. The smallest absolute Gasteiger partial charge is 0.134 e. The zero-order chi connectivity index (χ0) is 13.0. The molecule has 0 saturated carbocycles. The molecule has 5 heteroatoms. The lowest BCUT2D eigenvalue weighted by atomic mass is 10.2. The van der Waals surface area contributed by atoms with E-state index in [0.29, 0.717) is 5.82 Å². The maximum Gasteiger partial charge on any atom is 0.134 e. The average molecular weight is 244 g/mol. The number of nitrogen functional groups attached to an aromatic ring is 1. The quantitative estimate of drug-likeness (QED) is 0.886. The van der Waals surface area contributed by atoms with Crippen molar-refractivity contribution in [3.63, 3.8) is 0 Å². The Morgan fingerprint density at radius 2 is 1.94 bits per heavy atom. The summed E-state index contributed by atoms with van der Waals surface area (Å²) in [4.78, 5) is 10.1. The monoisotopic (exact) mass is 244 g/mol. The third kappa shape index (κ3) is 2.88. The number of nitrogens with two attached hydrogens (primary N) is 1. The second-order valence-electron chi connectivity index (χ2n) is 4.01. The molecule has 94 valence electrons. The van der Waals surface area contributed by atoms with E-state index >= 15 is 0 Å². The van der Waals surface area contributed by atoms with Crippen molar-refractivity contribution in [1.29, 1.82) is 0 Å². The summed E-state index contributed by atoms with van der Waals surface area (Å²) >= 11 is 0. The van der Waals surface area contributed by atoms with Gasteiger partial charge in [0.2, 0.25) is 0 Å². The van der Waals surface area contributed by atoms with E-state index < -0.39 is 0 Å². The molecule has 0 atom stereocenters. The minimum Gasteiger partial charge on any atom is -0.497 e. The summed E-state index contributed by atoms with van der Waals surface area (Å²) in [6.45, 7) is 0.750. The van der Waals surface area contributed by atoms with Crippen molar-refractivity contribution in [2.45, 2.75) is 6.54 Å². The highest BCUT2D eigenvalue weighted by atomic mass is 16.5. The van der Waals surface area contributed by atoms with Gasteiger partial charge < -0.3 is 15.4 Å². The van der Waals surface area contributed by atoms with Crippen molar-refractivity contribution < 1.29 is 4.74 Å². The molecule has 2 aromatic rings. The molecule has 2 rings (SSSR count). The Balaban J connectivity index is 2.08. The Morgan fingerprint density at radius 1 is 1.22 bits per heavy atom. The summed E-state index contributed by atoms with van der Waals surface area (Å²) in [6.07, 6.45) is 1.47. The van der Waals surface area contributed by atoms with Crippen LogP contribution in [-0.2, 0) is 6.54 Å². The molecule has 0 spiro atoms. The molecular formula is C13H16N4O. The molecule has 2 N–H and O–H groups in total. The standard InChI is InChI=1S/C13H16N4O/c1-17(13-7-12(14)15-9-16-13)8-10-3-5-11(18-2)6-4-10/h3-7,9H,8H2,1-2H3,(H2,14,15,16). The first-order valence-corrected chi connectivity index (χ1v) is 5.60. The van der Waals surface area contributed by atoms with Crippen LogP contribution in [0.4, 0.5) is 11.6 Å². The van der Waals surface area contributed by atoms with E-state index in [1.807, 2.05) is 36.2 Å². The number of nitrogens with zero attached hydrogens (tertiary/aromatic N) is 3. The first-order chi connectivity index (χ1) is 8.69. The summed E-state index contributed by atoms with van der Waals surface area (Å²) < 4.78 is 5.12. The Morgan fingerprint density at radius 3 is 2.56 bits per heavy atom. The predicted octanol–water partition coefficient (Wildman–Crippen LogP) is 1.70. The zero-order valence-corrected chi connectivity index (χ0v) is 10.5. The average Bonchev–Trinajstić information content (AvgIpc) is 2.39. The number of aromatic nitrogens is 2. The minimum absolute atomic E-state index is 0.474. The maximum absolute atomic E-state index is 5.63. The van der Waals surface area contributed by atoms with Crippen molar-refractivity contribution >= 4 is 11.6 Å². The van der Waals surface area contributed by atoms with Gasteiger partial charge in [0.05, 0.1) is 7.11 Å². The first kappa shape index (κ1) is 12.2. The summed E-state index contributed by atoms with van der Waals surface area (Å²) in [5.41, 5.74) is 6.81. The van der Waals surface area contributed by atoms with Gasteiger partial charge in [-0.3, -0.25) is 0 Å². The fraction of sp³-hybridized carbons (Fsp3) is 0.231. The maximum atomic E-state index is 5.63. The molecule has 0 saturated heterocycles. The molecule has 0 fully saturated rings. The number of hydrogen-bond donors (Lipinski definition) is 1. The van der Waals surface area contributed by atoms with Crippen LogP contribution in [0.1, 0.15) is 5.56 Å². The summed E-state index contributed by atoms with van der Waals surface area (Å²) in [5, 5.41) is 0. The molecular weight excluding hydrogens is 228 g/mol. The number of anilines is 2. The van der Waals surface area contributed by atoms with Crippen LogP contribution in [0.25, 0.3) is 0 Å². The predicted molar refractivity (Wildman–Crippen MR) is 71.5 cm³/mol. The Labute approximate surface area is 106 Å². The minimum atomic E-state index is 0.474. The van der Waals surface area contributed by atoms with Gasteiger partial charge in [-0.2, -0.15) is 0 Å². The third-order valence-corrected chi connectivity index (χ3v) is 2.64. The number of methoxy groups -OCH3 is 1. The summed E-state index contributed by atoms with van der Waals surface area (Å²) in [6, 6.07) is 9.69. The number of benzene rings is 1. The lowest BCUT2D eigenvalue weighted by molar-refractivity contribution is 0.414. The van der Waals surface area contributed by atoms with E-state index in [0.717, 1.165) is 18.1 Å². The fourth-order valence-electron chi connectivity index (χ4n) is 1.66. The van der Waals surface area contributed by atoms with E-state index in [-0.39, 0.29) is 0 Å². The Hall–Kier alpha value is -2.30. The molecule has 5 nitrogen and oxygen atoms in total. The van der Waals surface area contributed by atoms with Gasteiger partial charge in [0, 0.05) is 19.7 Å². The van der Waals surface area contributed by atoms with Crippen molar-refractivity contribution in [3.05, 3.63) is 42.2 Å². The normalized spacial score (nSPS) is 10.1. The van der Waals surface area contributed by atoms with Gasteiger partial charge in [-0.1, -0.05) is 12.1 Å². The zero-order valence-electron chi connectivity index (χ0n) is 10.5. The highest BCUT2D eigenvalue weighted by Gasteiger charge is 2.04. The third-order valence-electron chi connectivity index (χ3n) is 2.64. The van der Waals surface area contributed by atoms with Crippen LogP contribution in [0.2, 0.25) is 0 Å². The van der Waals surface area contributed by atoms with Gasteiger partial charge in [-0.05, 0) is 17.7 Å². The molecule has 0 aliphatic carbocycles. The highest BCUT2D eigenvalue weighted by Crippen LogP contribution is 2.16. The topological polar surface area (TPSA) is 64.3 Å². The van der Waals surface area contributed by atoms with E-state index in [2.05, 4.69) is 9.97 Å². The molecule has 0 amide bonds. The number of rotatable bonds is 4. The van der Waals surface area contributed by atoms with Gasteiger partial charge >= 0.3 is 0 Å². The second kappa shape index (κ2) is 5.35. The summed E-state index contributed by atoms with van der Waals surface area (Å²) in [7, 11) is 3.62. The lowest BCUT2D eigenvalue weighted by Crippen LogP contribution is -2.18. The second-order valence-corrected chi connectivity index (χ2v) is 4.01.